The zero-order valence-corrected chi connectivity index (χ0v) is 19.5. The number of ether oxygens (including phenoxy) is 1. The minimum Gasteiger partial charge on any atom is -0.475 e. The standard InChI is InChI=1S/C17H19N5O2.2C2HF3O2/c1-12-4-2-5-13(20-12)16(23)21-10-14-15(11-21)24-9-8-22(14)17-18-6-3-7-19-17;2*3-2(4,5)1(6)7/h2-7,14-15H,8-11H2,1H3;2*(H,6,7)/t14-,15+;;/m1../s1. The quantitative estimate of drug-likeness (QED) is 0.531. The second kappa shape index (κ2) is 12.5. The van der Waals surface area contributed by atoms with Gasteiger partial charge in [0, 0.05) is 37.7 Å². The highest BCUT2D eigenvalue weighted by molar-refractivity contribution is 5.92. The van der Waals surface area contributed by atoms with Crippen LogP contribution < -0.4 is 4.90 Å². The van der Waals surface area contributed by atoms with E-state index in [-0.39, 0.29) is 18.1 Å². The molecule has 2 aromatic heterocycles. The van der Waals surface area contributed by atoms with Crippen LogP contribution in [0, 0.1) is 6.92 Å². The normalized spacial score (nSPS) is 18.8. The molecule has 0 radical (unpaired) electrons. The number of pyridine rings is 1. The highest BCUT2D eigenvalue weighted by atomic mass is 19.4. The Bertz CT molecular complexity index is 1090. The summed E-state index contributed by atoms with van der Waals surface area (Å²) in [4.78, 5) is 47.5. The number of nitrogens with zero attached hydrogens (tertiary/aromatic N) is 5. The van der Waals surface area contributed by atoms with Crippen molar-refractivity contribution < 1.29 is 55.7 Å². The zero-order valence-electron chi connectivity index (χ0n) is 19.5. The van der Waals surface area contributed by atoms with E-state index in [4.69, 9.17) is 24.5 Å². The summed E-state index contributed by atoms with van der Waals surface area (Å²) in [6.07, 6.45) is -6.71. The lowest BCUT2D eigenvalue weighted by Gasteiger charge is -2.36. The number of fused-ring (bicyclic) bond motifs is 1. The van der Waals surface area contributed by atoms with Gasteiger partial charge in [-0.15, -0.1) is 0 Å². The SMILES string of the molecule is Cc1cccc(C(=O)N2C[C@@H]3OCCN(c4ncccn4)[C@@H]3C2)n1.O=C(O)C(F)(F)F.O=C(O)C(F)(F)F. The van der Waals surface area contributed by atoms with Crippen LogP contribution in [-0.2, 0) is 14.3 Å². The van der Waals surface area contributed by atoms with Crippen molar-refractivity contribution >= 4 is 23.8 Å². The molecule has 208 valence electrons. The number of carboxylic acid groups (broad SMARTS) is 2. The Balaban J connectivity index is 0.000000301. The van der Waals surface area contributed by atoms with Gasteiger partial charge in [-0.05, 0) is 25.1 Å². The van der Waals surface area contributed by atoms with Crippen molar-refractivity contribution in [3.05, 3.63) is 48.0 Å². The maximum absolute atomic E-state index is 12.7. The van der Waals surface area contributed by atoms with Gasteiger partial charge in [-0.2, -0.15) is 26.3 Å². The summed E-state index contributed by atoms with van der Waals surface area (Å²) >= 11 is 0. The molecule has 0 aliphatic carbocycles. The van der Waals surface area contributed by atoms with Crippen LogP contribution in [0.3, 0.4) is 0 Å². The molecule has 2 aliphatic heterocycles. The smallest absolute Gasteiger partial charge is 0.475 e. The number of aliphatic carboxylic acids is 2. The fourth-order valence-electron chi connectivity index (χ4n) is 3.37. The minimum absolute atomic E-state index is 0.0173. The van der Waals surface area contributed by atoms with Crippen molar-refractivity contribution in [2.24, 2.45) is 0 Å². The number of amides is 1. The number of aromatic nitrogens is 3. The Morgan fingerprint density at radius 2 is 1.50 bits per heavy atom. The van der Waals surface area contributed by atoms with Gasteiger partial charge in [0.1, 0.15) is 5.69 Å². The molecular formula is C21H21F6N5O6. The molecule has 4 rings (SSSR count). The van der Waals surface area contributed by atoms with Crippen LogP contribution in [0.5, 0.6) is 0 Å². The maximum atomic E-state index is 12.7. The minimum atomic E-state index is -5.08. The number of alkyl halides is 6. The van der Waals surface area contributed by atoms with E-state index >= 15 is 0 Å². The number of hydrogen-bond acceptors (Lipinski definition) is 8. The third kappa shape index (κ3) is 8.53. The Kier molecular flexibility index (Phi) is 9.92. The van der Waals surface area contributed by atoms with Crippen LogP contribution in [0.4, 0.5) is 32.3 Å². The van der Waals surface area contributed by atoms with Gasteiger partial charge in [-0.1, -0.05) is 6.07 Å². The van der Waals surface area contributed by atoms with Crippen molar-refractivity contribution in [3.63, 3.8) is 0 Å². The monoisotopic (exact) mass is 553 g/mol. The topological polar surface area (TPSA) is 146 Å². The van der Waals surface area contributed by atoms with Gasteiger partial charge in [0.05, 0.1) is 18.8 Å². The van der Waals surface area contributed by atoms with E-state index in [1.807, 2.05) is 24.0 Å². The van der Waals surface area contributed by atoms with Gasteiger partial charge in [0.25, 0.3) is 5.91 Å². The summed E-state index contributed by atoms with van der Waals surface area (Å²) in [6.45, 7) is 4.40. The van der Waals surface area contributed by atoms with Gasteiger partial charge >= 0.3 is 24.3 Å². The van der Waals surface area contributed by atoms with Crippen LogP contribution in [0.15, 0.2) is 36.7 Å². The van der Waals surface area contributed by atoms with Crippen molar-refractivity contribution in [1.82, 2.24) is 19.9 Å². The number of hydrogen-bond donors (Lipinski definition) is 2. The first kappa shape index (κ1) is 30.2. The molecule has 11 nitrogen and oxygen atoms in total. The Labute approximate surface area is 210 Å². The van der Waals surface area contributed by atoms with E-state index in [0.717, 1.165) is 12.2 Å². The highest BCUT2D eigenvalue weighted by Crippen LogP contribution is 2.26. The van der Waals surface area contributed by atoms with E-state index < -0.39 is 24.3 Å². The number of carbonyl (C=O) groups excluding carboxylic acids is 1. The molecule has 2 aliphatic rings. The molecular weight excluding hydrogens is 532 g/mol. The van der Waals surface area contributed by atoms with Crippen molar-refractivity contribution in [3.8, 4) is 0 Å². The molecule has 0 unspecified atom stereocenters. The van der Waals surface area contributed by atoms with Crippen LogP contribution in [0.1, 0.15) is 16.2 Å². The summed E-state index contributed by atoms with van der Waals surface area (Å²) < 4.78 is 69.4. The summed E-state index contributed by atoms with van der Waals surface area (Å²) in [7, 11) is 0. The first-order valence-electron chi connectivity index (χ1n) is 10.6. The number of halogens is 6. The first-order valence-corrected chi connectivity index (χ1v) is 10.6. The van der Waals surface area contributed by atoms with Crippen LogP contribution in [0.25, 0.3) is 0 Å². The van der Waals surface area contributed by atoms with E-state index in [0.29, 0.717) is 31.3 Å². The fraction of sp³-hybridized carbons (Fsp3) is 0.429. The molecule has 0 bridgehead atoms. The Morgan fingerprint density at radius 3 is 2.00 bits per heavy atom. The van der Waals surface area contributed by atoms with Gasteiger partial charge in [-0.25, -0.2) is 24.5 Å². The highest BCUT2D eigenvalue weighted by Gasteiger charge is 2.43. The number of carboxylic acids is 2. The molecule has 38 heavy (non-hydrogen) atoms. The van der Waals surface area contributed by atoms with Gasteiger partial charge in [0.2, 0.25) is 5.95 Å². The average molecular weight is 553 g/mol. The van der Waals surface area contributed by atoms with Gasteiger partial charge in [-0.3, -0.25) is 4.79 Å². The molecule has 2 atom stereocenters. The lowest BCUT2D eigenvalue weighted by Crippen LogP contribution is -2.51. The summed E-state index contributed by atoms with van der Waals surface area (Å²) in [5, 5.41) is 14.2. The second-order valence-corrected chi connectivity index (χ2v) is 7.70. The van der Waals surface area contributed by atoms with E-state index in [1.165, 1.54) is 0 Å². The summed E-state index contributed by atoms with van der Waals surface area (Å²) in [5.41, 5.74) is 1.32. The molecule has 2 N–H and O–H groups in total. The van der Waals surface area contributed by atoms with Gasteiger partial charge in [0.15, 0.2) is 0 Å². The molecule has 0 spiro atoms. The van der Waals surface area contributed by atoms with E-state index in [2.05, 4.69) is 19.9 Å². The van der Waals surface area contributed by atoms with Crippen LogP contribution in [0.2, 0.25) is 0 Å². The number of anilines is 1. The largest absolute Gasteiger partial charge is 0.490 e. The molecule has 2 fully saturated rings. The molecule has 0 saturated carbocycles. The Hall–Kier alpha value is -4.02. The molecule has 17 heteroatoms. The van der Waals surface area contributed by atoms with Crippen molar-refractivity contribution in [2.45, 2.75) is 31.4 Å². The van der Waals surface area contributed by atoms with Crippen LogP contribution >= 0.6 is 0 Å². The third-order valence-electron chi connectivity index (χ3n) is 4.99. The van der Waals surface area contributed by atoms with Gasteiger partial charge < -0.3 is 24.7 Å². The molecule has 4 heterocycles. The molecule has 1 amide bonds. The molecule has 2 aromatic rings. The predicted octanol–water partition coefficient (Wildman–Crippen LogP) is 2.18. The summed E-state index contributed by atoms with van der Waals surface area (Å²) in [5.74, 6) is -4.87. The third-order valence-corrected chi connectivity index (χ3v) is 4.99. The maximum Gasteiger partial charge on any atom is 0.490 e. The second-order valence-electron chi connectivity index (χ2n) is 7.70. The number of aryl methyl sites for hydroxylation is 1. The van der Waals surface area contributed by atoms with E-state index in [9.17, 15) is 31.1 Å². The number of carbonyl (C=O) groups is 3. The average Bonchev–Trinajstić information content (AvgIpc) is 3.28. The lowest BCUT2D eigenvalue weighted by atomic mass is 10.1. The molecule has 2 saturated heterocycles. The fourth-order valence-corrected chi connectivity index (χ4v) is 3.37. The van der Waals surface area contributed by atoms with Crippen molar-refractivity contribution in [1.29, 1.82) is 0 Å². The number of rotatable bonds is 2. The van der Waals surface area contributed by atoms with Crippen molar-refractivity contribution in [2.75, 3.05) is 31.1 Å². The van der Waals surface area contributed by atoms with E-state index in [1.54, 1.807) is 24.5 Å². The Morgan fingerprint density at radius 1 is 0.947 bits per heavy atom. The predicted molar refractivity (Wildman–Crippen MR) is 115 cm³/mol. The number of likely N-dealkylation sites (tertiary alicyclic amines) is 1. The number of morpholine rings is 1. The lowest BCUT2D eigenvalue weighted by molar-refractivity contribution is -0.193. The molecule has 0 aromatic carbocycles. The zero-order chi connectivity index (χ0) is 28.7. The van der Waals surface area contributed by atoms with Crippen LogP contribution in [-0.4, -0.2) is 98.7 Å². The first-order chi connectivity index (χ1) is 17.6. The summed E-state index contributed by atoms with van der Waals surface area (Å²) in [6, 6.07) is 7.39.